The molecule has 7 nitrogen and oxygen atoms in total. The predicted octanol–water partition coefficient (Wildman–Crippen LogP) is 4.15. The first-order valence-electron chi connectivity index (χ1n) is 12.1. The smallest absolute Gasteiger partial charge is 0.370 e. The summed E-state index contributed by atoms with van der Waals surface area (Å²) in [6, 6.07) is 3.91. The summed E-state index contributed by atoms with van der Waals surface area (Å²) in [5, 5.41) is 6.58. The molecule has 2 amide bonds. The molecule has 35 heavy (non-hydrogen) atoms. The molecule has 3 aliphatic heterocycles. The maximum absolute atomic E-state index is 13.3. The number of aromatic amines is 1. The van der Waals surface area contributed by atoms with E-state index in [4.69, 9.17) is 4.74 Å². The Morgan fingerprint density at radius 3 is 2.63 bits per heavy atom. The van der Waals surface area contributed by atoms with Crippen LogP contribution < -0.4 is 0 Å². The third-order valence-corrected chi connectivity index (χ3v) is 7.52. The Balaban J connectivity index is 1.20. The topological polar surface area (TPSA) is 78.5 Å². The Kier molecular flexibility index (Phi) is 6.57. The number of H-pyrrole nitrogens is 1. The zero-order chi connectivity index (χ0) is 24.6. The van der Waals surface area contributed by atoms with Crippen LogP contribution in [-0.4, -0.2) is 70.7 Å². The molecule has 2 atom stereocenters. The number of fused-ring (bicyclic) bond motifs is 1. The highest BCUT2D eigenvalue weighted by Gasteiger charge is 2.38. The lowest BCUT2D eigenvalue weighted by Crippen LogP contribution is -2.54. The molecule has 0 aliphatic carbocycles. The van der Waals surface area contributed by atoms with Crippen molar-refractivity contribution in [3.8, 4) is 11.1 Å². The largest absolute Gasteiger partial charge is 0.416 e. The molecule has 2 aromatic rings. The standard InChI is InChI=1S/C25H29F3N4O3/c26-25(27,28)20-2-1-17(22(11-20)19-12-29-30-13-19)9-16-3-6-31(7-4-16)24(34)32-8-5-23-18(14-32)10-21(33)15-35-23/h1-2,11-13,16,18,23H,3-10,14-15H2,(H,29,30)/t18-,23+/m1/s1. The summed E-state index contributed by atoms with van der Waals surface area (Å²) in [7, 11) is 0. The van der Waals surface area contributed by atoms with Gasteiger partial charge in [-0.05, 0) is 54.9 Å². The lowest BCUT2D eigenvalue weighted by atomic mass is 9.86. The average molecular weight is 491 g/mol. The number of halogens is 3. The molecule has 4 heterocycles. The first-order valence-corrected chi connectivity index (χ1v) is 12.1. The lowest BCUT2D eigenvalue weighted by molar-refractivity contribution is -0.140. The number of rotatable bonds is 3. The van der Waals surface area contributed by atoms with Crippen LogP contribution in [0, 0.1) is 11.8 Å². The van der Waals surface area contributed by atoms with Crippen molar-refractivity contribution in [3.63, 3.8) is 0 Å². The molecule has 188 valence electrons. The molecule has 3 aliphatic rings. The van der Waals surface area contributed by atoms with E-state index in [0.717, 1.165) is 30.9 Å². The molecule has 1 aromatic carbocycles. The zero-order valence-electron chi connectivity index (χ0n) is 19.4. The predicted molar refractivity (Wildman–Crippen MR) is 121 cm³/mol. The molecule has 3 saturated heterocycles. The molecule has 0 unspecified atom stereocenters. The summed E-state index contributed by atoms with van der Waals surface area (Å²) in [4.78, 5) is 28.6. The zero-order valence-corrected chi connectivity index (χ0v) is 19.4. The van der Waals surface area contributed by atoms with Crippen molar-refractivity contribution in [1.29, 1.82) is 0 Å². The van der Waals surface area contributed by atoms with Gasteiger partial charge in [0.05, 0.1) is 17.9 Å². The Morgan fingerprint density at radius 2 is 1.91 bits per heavy atom. The monoisotopic (exact) mass is 490 g/mol. The Bertz CT molecular complexity index is 1060. The Morgan fingerprint density at radius 1 is 1.14 bits per heavy atom. The minimum atomic E-state index is -4.41. The fourth-order valence-corrected chi connectivity index (χ4v) is 5.59. The molecule has 5 rings (SSSR count). The van der Waals surface area contributed by atoms with Crippen LogP contribution in [0.2, 0.25) is 0 Å². The Hall–Kier alpha value is -2.88. The summed E-state index contributed by atoms with van der Waals surface area (Å²) in [6.45, 7) is 2.60. The number of aromatic nitrogens is 2. The van der Waals surface area contributed by atoms with E-state index in [1.54, 1.807) is 12.3 Å². The van der Waals surface area contributed by atoms with Crippen molar-refractivity contribution < 1.29 is 27.5 Å². The highest BCUT2D eigenvalue weighted by molar-refractivity contribution is 5.81. The third-order valence-electron chi connectivity index (χ3n) is 7.52. The molecule has 0 saturated carbocycles. The number of carbonyl (C=O) groups excluding carboxylic acids is 2. The van der Waals surface area contributed by atoms with Gasteiger partial charge in [-0.25, -0.2) is 4.79 Å². The van der Waals surface area contributed by atoms with Crippen molar-refractivity contribution >= 4 is 11.8 Å². The summed E-state index contributed by atoms with van der Waals surface area (Å²) in [5.74, 6) is 0.448. The number of ketones is 1. The number of benzene rings is 1. The molecule has 3 fully saturated rings. The van der Waals surface area contributed by atoms with Gasteiger partial charge in [-0.2, -0.15) is 18.3 Å². The molecular weight excluding hydrogens is 461 g/mol. The van der Waals surface area contributed by atoms with Crippen molar-refractivity contribution in [2.45, 2.75) is 44.4 Å². The van der Waals surface area contributed by atoms with Gasteiger partial charge < -0.3 is 14.5 Å². The Labute approximate surface area is 201 Å². The number of Topliss-reactive ketones (excluding diaryl/α,β-unsaturated/α-hetero) is 1. The van der Waals surface area contributed by atoms with Crippen LogP contribution in [0.5, 0.6) is 0 Å². The van der Waals surface area contributed by atoms with Crippen LogP contribution in [0.4, 0.5) is 18.0 Å². The van der Waals surface area contributed by atoms with E-state index in [-0.39, 0.29) is 36.4 Å². The van der Waals surface area contributed by atoms with E-state index >= 15 is 0 Å². The van der Waals surface area contributed by atoms with E-state index < -0.39 is 11.7 Å². The quantitative estimate of drug-likeness (QED) is 0.701. The summed E-state index contributed by atoms with van der Waals surface area (Å²) >= 11 is 0. The van der Waals surface area contributed by atoms with Crippen molar-refractivity contribution in [1.82, 2.24) is 20.0 Å². The average Bonchev–Trinajstić information content (AvgIpc) is 3.38. The van der Waals surface area contributed by atoms with Gasteiger partial charge in [0.15, 0.2) is 5.78 Å². The molecule has 1 N–H and O–H groups in total. The number of amides is 2. The van der Waals surface area contributed by atoms with Crippen LogP contribution >= 0.6 is 0 Å². The van der Waals surface area contributed by atoms with Crippen LogP contribution in [0.15, 0.2) is 30.6 Å². The van der Waals surface area contributed by atoms with E-state index in [2.05, 4.69) is 10.2 Å². The SMILES string of the molecule is O=C1CO[C@H]2CCN(C(=O)N3CCC(Cc4ccc(C(F)(F)F)cc4-c4cn[nH]c4)CC3)C[C@H]2C1. The highest BCUT2D eigenvalue weighted by Crippen LogP contribution is 2.36. The summed E-state index contributed by atoms with van der Waals surface area (Å²) in [5.41, 5.74) is 1.35. The van der Waals surface area contributed by atoms with Crippen molar-refractivity contribution in [2.75, 3.05) is 32.8 Å². The highest BCUT2D eigenvalue weighted by atomic mass is 19.4. The van der Waals surface area contributed by atoms with Crippen molar-refractivity contribution in [2.24, 2.45) is 11.8 Å². The maximum atomic E-state index is 13.3. The molecule has 0 spiro atoms. The molecule has 0 radical (unpaired) electrons. The second kappa shape index (κ2) is 9.64. The number of urea groups is 1. The number of nitrogens with zero attached hydrogens (tertiary/aromatic N) is 3. The fourth-order valence-electron chi connectivity index (χ4n) is 5.59. The first-order chi connectivity index (χ1) is 16.8. The normalized spacial score (nSPS) is 23.9. The van der Waals surface area contributed by atoms with Gasteiger partial charge in [0.25, 0.3) is 0 Å². The molecular formula is C25H29F3N4O3. The van der Waals surface area contributed by atoms with E-state index in [1.807, 2.05) is 9.80 Å². The van der Waals surface area contributed by atoms with Crippen LogP contribution in [0.25, 0.3) is 11.1 Å². The van der Waals surface area contributed by atoms with Gasteiger partial charge in [-0.1, -0.05) is 6.07 Å². The number of piperidine rings is 2. The van der Waals surface area contributed by atoms with E-state index in [9.17, 15) is 22.8 Å². The third kappa shape index (κ3) is 5.22. The number of likely N-dealkylation sites (tertiary alicyclic amines) is 2. The van der Waals surface area contributed by atoms with Crippen LogP contribution in [0.1, 0.15) is 36.8 Å². The minimum absolute atomic E-state index is 0.00791. The number of ether oxygens (including phenoxy) is 1. The molecule has 10 heteroatoms. The van der Waals surface area contributed by atoms with Crippen molar-refractivity contribution in [3.05, 3.63) is 41.7 Å². The summed E-state index contributed by atoms with van der Waals surface area (Å²) < 4.78 is 45.5. The van der Waals surface area contributed by atoms with Gasteiger partial charge in [0.2, 0.25) is 0 Å². The first kappa shape index (κ1) is 23.8. The van der Waals surface area contributed by atoms with Gasteiger partial charge >= 0.3 is 12.2 Å². The number of hydrogen-bond donors (Lipinski definition) is 1. The van der Waals surface area contributed by atoms with E-state index in [1.165, 1.54) is 12.3 Å². The minimum Gasteiger partial charge on any atom is -0.370 e. The van der Waals surface area contributed by atoms with Crippen LogP contribution in [-0.2, 0) is 22.1 Å². The van der Waals surface area contributed by atoms with Gasteiger partial charge in [0.1, 0.15) is 6.61 Å². The van der Waals surface area contributed by atoms with Gasteiger partial charge in [0, 0.05) is 50.3 Å². The second-order valence-corrected chi connectivity index (χ2v) is 9.86. The molecule has 0 bridgehead atoms. The van der Waals surface area contributed by atoms with Gasteiger partial charge in [-0.3, -0.25) is 9.89 Å². The number of carbonyl (C=O) groups is 2. The number of nitrogens with one attached hydrogen (secondary N) is 1. The number of alkyl halides is 3. The lowest BCUT2D eigenvalue weighted by Gasteiger charge is -2.43. The number of hydrogen-bond acceptors (Lipinski definition) is 4. The maximum Gasteiger partial charge on any atom is 0.416 e. The van der Waals surface area contributed by atoms with E-state index in [0.29, 0.717) is 50.1 Å². The second-order valence-electron chi connectivity index (χ2n) is 9.86. The summed E-state index contributed by atoms with van der Waals surface area (Å²) in [6.07, 6.45) is 2.26. The fraction of sp³-hybridized carbons (Fsp3) is 0.560. The van der Waals surface area contributed by atoms with Crippen LogP contribution in [0.3, 0.4) is 0 Å². The molecule has 1 aromatic heterocycles. The van der Waals surface area contributed by atoms with Gasteiger partial charge in [-0.15, -0.1) is 0 Å².